The maximum Gasteiger partial charge on any atom is 0.407 e. The monoisotopic (exact) mass is 197 g/mol. The summed E-state index contributed by atoms with van der Waals surface area (Å²) in [5, 5.41) is 8.76. The highest BCUT2D eigenvalue weighted by Crippen LogP contribution is 2.28. The van der Waals surface area contributed by atoms with E-state index in [0.29, 0.717) is 32.4 Å². The summed E-state index contributed by atoms with van der Waals surface area (Å²) in [6.45, 7) is 1.01. The van der Waals surface area contributed by atoms with Crippen LogP contribution in [0.25, 0.3) is 0 Å². The van der Waals surface area contributed by atoms with Crippen molar-refractivity contribution in [1.29, 1.82) is 0 Å². The molecule has 4 heteroatoms. The van der Waals surface area contributed by atoms with Gasteiger partial charge in [-0.25, -0.2) is 4.79 Å². The molecule has 0 atom stereocenters. The molecule has 1 rings (SSSR count). The number of methoxy groups -OCH3 is 1. The molecule has 4 nitrogen and oxygen atoms in total. The highest BCUT2D eigenvalue weighted by atomic mass is 16.5. The molecule has 0 saturated carbocycles. The number of hydrogen-bond donors (Lipinski definition) is 1. The zero-order valence-corrected chi connectivity index (χ0v) is 8.32. The van der Waals surface area contributed by atoms with Crippen LogP contribution in [0.1, 0.15) is 19.3 Å². The summed E-state index contributed by atoms with van der Waals surface area (Å²) in [7, 11) is 1.63. The summed E-state index contributed by atoms with van der Waals surface area (Å²) in [4.78, 5) is 12.1. The van der Waals surface area contributed by atoms with Crippen LogP contribution in [0.5, 0.6) is 0 Å². The maximum absolute atomic E-state index is 10.7. The Balaban J connectivity index is 2.55. The Kier molecular flexibility index (Phi) is 3.37. The molecule has 0 aromatic rings. The van der Waals surface area contributed by atoms with Crippen LogP contribution in [0.3, 0.4) is 0 Å². The first kappa shape index (κ1) is 10.9. The summed E-state index contributed by atoms with van der Waals surface area (Å²) in [6, 6.07) is 0. The van der Waals surface area contributed by atoms with Gasteiger partial charge in [0.15, 0.2) is 0 Å². The molecule has 1 aliphatic heterocycles. The van der Waals surface area contributed by atoms with Crippen molar-refractivity contribution >= 4 is 6.09 Å². The van der Waals surface area contributed by atoms with Crippen LogP contribution in [0.2, 0.25) is 0 Å². The van der Waals surface area contributed by atoms with Crippen LogP contribution in [0, 0.1) is 12.3 Å². The normalized spacial score (nSPS) is 20.1. The Morgan fingerprint density at radius 1 is 1.64 bits per heavy atom. The van der Waals surface area contributed by atoms with Gasteiger partial charge >= 0.3 is 6.09 Å². The van der Waals surface area contributed by atoms with Crippen molar-refractivity contribution in [2.24, 2.45) is 0 Å². The predicted molar refractivity (Wildman–Crippen MR) is 52.0 cm³/mol. The van der Waals surface area contributed by atoms with Gasteiger partial charge in [0.1, 0.15) is 0 Å². The Labute approximate surface area is 83.8 Å². The smallest absolute Gasteiger partial charge is 0.407 e. The molecule has 0 aromatic heterocycles. The number of terminal acetylenes is 1. The fraction of sp³-hybridized carbons (Fsp3) is 0.700. The van der Waals surface area contributed by atoms with E-state index in [1.165, 1.54) is 4.90 Å². The Morgan fingerprint density at radius 2 is 2.21 bits per heavy atom. The van der Waals surface area contributed by atoms with E-state index in [9.17, 15) is 4.79 Å². The number of likely N-dealkylation sites (tertiary alicyclic amines) is 1. The molecule has 14 heavy (non-hydrogen) atoms. The van der Waals surface area contributed by atoms with Crippen LogP contribution in [0.4, 0.5) is 4.79 Å². The van der Waals surface area contributed by atoms with E-state index in [1.54, 1.807) is 7.11 Å². The van der Waals surface area contributed by atoms with E-state index in [0.717, 1.165) is 0 Å². The average Bonchev–Trinajstić information content (AvgIpc) is 2.19. The van der Waals surface area contributed by atoms with E-state index in [4.69, 9.17) is 16.3 Å². The lowest BCUT2D eigenvalue weighted by Crippen LogP contribution is -2.47. The van der Waals surface area contributed by atoms with Gasteiger partial charge in [-0.05, 0) is 12.8 Å². The Morgan fingerprint density at radius 3 is 2.57 bits per heavy atom. The third-order valence-electron chi connectivity index (χ3n) is 2.80. The van der Waals surface area contributed by atoms with Gasteiger partial charge in [0, 0.05) is 26.6 Å². The van der Waals surface area contributed by atoms with Crippen molar-refractivity contribution in [3.63, 3.8) is 0 Å². The lowest BCUT2D eigenvalue weighted by molar-refractivity contribution is -0.0490. The summed E-state index contributed by atoms with van der Waals surface area (Å²) in [5.41, 5.74) is -0.305. The number of nitrogens with zero attached hydrogens (tertiary/aromatic N) is 1. The van der Waals surface area contributed by atoms with E-state index < -0.39 is 6.09 Å². The molecule has 0 aromatic carbocycles. The summed E-state index contributed by atoms with van der Waals surface area (Å²) < 4.78 is 5.39. The number of hydrogen-bond acceptors (Lipinski definition) is 2. The average molecular weight is 197 g/mol. The minimum atomic E-state index is -0.865. The third-order valence-corrected chi connectivity index (χ3v) is 2.80. The van der Waals surface area contributed by atoms with Crippen LogP contribution in [-0.2, 0) is 4.74 Å². The van der Waals surface area contributed by atoms with Gasteiger partial charge in [-0.1, -0.05) is 0 Å². The van der Waals surface area contributed by atoms with Crippen molar-refractivity contribution in [2.45, 2.75) is 24.9 Å². The first-order chi connectivity index (χ1) is 6.63. The van der Waals surface area contributed by atoms with Crippen LogP contribution >= 0.6 is 0 Å². The van der Waals surface area contributed by atoms with Crippen molar-refractivity contribution in [3.8, 4) is 12.3 Å². The van der Waals surface area contributed by atoms with E-state index in [-0.39, 0.29) is 5.60 Å². The summed E-state index contributed by atoms with van der Waals surface area (Å²) in [5.74, 6) is 2.58. The quantitative estimate of drug-likeness (QED) is 0.676. The lowest BCUT2D eigenvalue weighted by Gasteiger charge is -2.38. The van der Waals surface area contributed by atoms with E-state index in [2.05, 4.69) is 5.92 Å². The number of piperidine rings is 1. The highest BCUT2D eigenvalue weighted by Gasteiger charge is 2.35. The first-order valence-electron chi connectivity index (χ1n) is 4.60. The number of carbonyl (C=O) groups is 1. The van der Waals surface area contributed by atoms with Crippen LogP contribution in [0.15, 0.2) is 0 Å². The molecule has 1 N–H and O–H groups in total. The highest BCUT2D eigenvalue weighted by molar-refractivity contribution is 5.65. The SMILES string of the molecule is C#CCC1(OC)CCN(C(=O)O)CC1. The number of rotatable bonds is 2. The number of ether oxygens (including phenoxy) is 1. The van der Waals surface area contributed by atoms with Gasteiger partial charge in [0.05, 0.1) is 5.60 Å². The standard InChI is InChI=1S/C10H15NO3/c1-3-4-10(14-2)5-7-11(8-6-10)9(12)13/h1H,4-8H2,2H3,(H,12,13). The summed E-state index contributed by atoms with van der Waals surface area (Å²) in [6.07, 6.45) is 6.30. The van der Waals surface area contributed by atoms with E-state index >= 15 is 0 Å². The maximum atomic E-state index is 10.7. The third kappa shape index (κ3) is 2.18. The molecule has 1 heterocycles. The molecule has 1 fully saturated rings. The molecular formula is C10H15NO3. The fourth-order valence-electron chi connectivity index (χ4n) is 1.74. The van der Waals surface area contributed by atoms with Gasteiger partial charge in [0.2, 0.25) is 0 Å². The van der Waals surface area contributed by atoms with Crippen molar-refractivity contribution in [3.05, 3.63) is 0 Å². The lowest BCUT2D eigenvalue weighted by atomic mass is 9.88. The molecule has 1 aliphatic rings. The first-order valence-corrected chi connectivity index (χ1v) is 4.60. The zero-order chi connectivity index (χ0) is 10.6. The van der Waals surface area contributed by atoms with Gasteiger partial charge in [-0.2, -0.15) is 0 Å². The minimum absolute atomic E-state index is 0.305. The van der Waals surface area contributed by atoms with Gasteiger partial charge in [0.25, 0.3) is 0 Å². The molecular weight excluding hydrogens is 182 g/mol. The van der Waals surface area contributed by atoms with E-state index in [1.807, 2.05) is 0 Å². The molecule has 0 unspecified atom stereocenters. The van der Waals surface area contributed by atoms with Crippen molar-refractivity contribution < 1.29 is 14.6 Å². The molecule has 0 aliphatic carbocycles. The zero-order valence-electron chi connectivity index (χ0n) is 8.32. The van der Waals surface area contributed by atoms with Gasteiger partial charge < -0.3 is 14.7 Å². The Bertz CT molecular complexity index is 249. The molecule has 0 radical (unpaired) electrons. The van der Waals surface area contributed by atoms with Crippen molar-refractivity contribution in [2.75, 3.05) is 20.2 Å². The molecule has 0 bridgehead atoms. The minimum Gasteiger partial charge on any atom is -0.465 e. The molecule has 1 saturated heterocycles. The summed E-state index contributed by atoms with van der Waals surface area (Å²) >= 11 is 0. The Hall–Kier alpha value is -1.21. The number of carboxylic acid groups (broad SMARTS) is 1. The second kappa shape index (κ2) is 4.34. The predicted octanol–water partition coefficient (Wildman–Crippen LogP) is 1.17. The number of amides is 1. The van der Waals surface area contributed by atoms with Crippen LogP contribution in [-0.4, -0.2) is 41.9 Å². The second-order valence-electron chi connectivity index (χ2n) is 3.54. The van der Waals surface area contributed by atoms with Crippen LogP contribution < -0.4 is 0 Å². The fourth-order valence-corrected chi connectivity index (χ4v) is 1.74. The molecule has 0 spiro atoms. The largest absolute Gasteiger partial charge is 0.465 e. The van der Waals surface area contributed by atoms with Gasteiger partial charge in [-0.3, -0.25) is 0 Å². The van der Waals surface area contributed by atoms with Crippen molar-refractivity contribution in [1.82, 2.24) is 4.90 Å². The topological polar surface area (TPSA) is 49.8 Å². The van der Waals surface area contributed by atoms with Gasteiger partial charge in [-0.15, -0.1) is 12.3 Å². The second-order valence-corrected chi connectivity index (χ2v) is 3.54. The molecule has 1 amide bonds. The molecule has 78 valence electrons.